The molecule has 1 fully saturated rings. The lowest BCUT2D eigenvalue weighted by atomic mass is 9.97. The first-order valence-corrected chi connectivity index (χ1v) is 8.00. The monoisotopic (exact) mass is 305 g/mol. The Morgan fingerprint density at radius 2 is 1.78 bits per heavy atom. The molecule has 1 aromatic heterocycles. The standard InChI is InChI=1S/C19H16N2O2/c1-12-6-2-3-7-13(12)16-19(10-11-19)21-18(23-16)15-9-5-4-8-14(15)17(22)20-21/h2-9,16H,10-11H2,1H3/p+1. The van der Waals surface area contributed by atoms with E-state index in [1.54, 1.807) is 0 Å². The topological polar surface area (TPSA) is 46.0 Å². The van der Waals surface area contributed by atoms with Gasteiger partial charge in [-0.05, 0) is 24.6 Å². The van der Waals surface area contributed by atoms with Crippen molar-refractivity contribution in [1.82, 2.24) is 5.10 Å². The third-order valence-corrected chi connectivity index (χ3v) is 5.21. The van der Waals surface area contributed by atoms with E-state index >= 15 is 0 Å². The van der Waals surface area contributed by atoms with Crippen LogP contribution in [0.3, 0.4) is 0 Å². The molecule has 0 radical (unpaired) electrons. The van der Waals surface area contributed by atoms with Gasteiger partial charge in [-0.2, -0.15) is 0 Å². The number of aromatic nitrogens is 2. The zero-order valence-electron chi connectivity index (χ0n) is 12.9. The van der Waals surface area contributed by atoms with Gasteiger partial charge in [-0.25, -0.2) is 0 Å². The molecule has 1 N–H and O–H groups in total. The van der Waals surface area contributed by atoms with Crippen molar-refractivity contribution in [1.29, 1.82) is 0 Å². The average molecular weight is 305 g/mol. The summed E-state index contributed by atoms with van der Waals surface area (Å²) in [6.45, 7) is 2.11. The molecule has 1 atom stereocenters. The molecule has 0 saturated heterocycles. The predicted molar refractivity (Wildman–Crippen MR) is 86.5 cm³/mol. The van der Waals surface area contributed by atoms with Crippen LogP contribution in [0.15, 0.2) is 53.3 Å². The Morgan fingerprint density at radius 3 is 2.52 bits per heavy atom. The van der Waals surface area contributed by atoms with Crippen LogP contribution in [0.2, 0.25) is 0 Å². The van der Waals surface area contributed by atoms with Crippen molar-refractivity contribution in [3.05, 3.63) is 70.0 Å². The number of hydrogen-bond acceptors (Lipinski definition) is 2. The predicted octanol–water partition coefficient (Wildman–Crippen LogP) is 2.75. The lowest BCUT2D eigenvalue weighted by Gasteiger charge is -2.14. The summed E-state index contributed by atoms with van der Waals surface area (Å²) in [5.41, 5.74) is 2.25. The highest BCUT2D eigenvalue weighted by atomic mass is 16.5. The Kier molecular flexibility index (Phi) is 2.36. The zero-order valence-corrected chi connectivity index (χ0v) is 12.9. The van der Waals surface area contributed by atoms with E-state index in [0.717, 1.165) is 24.1 Å². The Balaban J connectivity index is 1.78. The number of nitrogens with zero attached hydrogens (tertiary/aromatic N) is 1. The van der Waals surface area contributed by atoms with Crippen LogP contribution in [0.25, 0.3) is 10.8 Å². The van der Waals surface area contributed by atoms with Crippen LogP contribution in [0.1, 0.15) is 30.1 Å². The molecule has 4 nitrogen and oxygen atoms in total. The SMILES string of the molecule is Cc1ccccc1C1Oc2c3ccccc3c(=O)[nH][n+]2C12CC2. The van der Waals surface area contributed by atoms with Crippen LogP contribution in [-0.4, -0.2) is 5.10 Å². The summed E-state index contributed by atoms with van der Waals surface area (Å²) in [6, 6.07) is 16.0. The molecule has 1 unspecified atom stereocenters. The van der Waals surface area contributed by atoms with E-state index in [1.807, 2.05) is 35.0 Å². The van der Waals surface area contributed by atoms with Gasteiger partial charge in [0.25, 0.3) is 0 Å². The summed E-state index contributed by atoms with van der Waals surface area (Å²) in [4.78, 5) is 12.4. The van der Waals surface area contributed by atoms with Crippen molar-refractivity contribution in [2.24, 2.45) is 0 Å². The number of H-pyrrole nitrogens is 1. The van der Waals surface area contributed by atoms with Crippen molar-refractivity contribution in [3.63, 3.8) is 0 Å². The molecule has 1 spiro atoms. The highest BCUT2D eigenvalue weighted by Gasteiger charge is 2.68. The summed E-state index contributed by atoms with van der Waals surface area (Å²) < 4.78 is 8.39. The molecule has 5 rings (SSSR count). The molecule has 2 heterocycles. The van der Waals surface area contributed by atoms with E-state index in [4.69, 9.17) is 4.74 Å². The van der Waals surface area contributed by atoms with Crippen molar-refractivity contribution in [2.75, 3.05) is 0 Å². The van der Waals surface area contributed by atoms with E-state index in [9.17, 15) is 4.79 Å². The van der Waals surface area contributed by atoms with Crippen LogP contribution in [0.4, 0.5) is 0 Å². The van der Waals surface area contributed by atoms with Crippen molar-refractivity contribution in [2.45, 2.75) is 31.4 Å². The van der Waals surface area contributed by atoms with Crippen LogP contribution in [-0.2, 0) is 5.54 Å². The fourth-order valence-electron chi connectivity index (χ4n) is 3.82. The normalized spacial score (nSPS) is 20.5. The Hall–Kier alpha value is -2.62. The second kappa shape index (κ2) is 4.22. The molecule has 2 aromatic carbocycles. The summed E-state index contributed by atoms with van der Waals surface area (Å²) >= 11 is 0. The summed E-state index contributed by atoms with van der Waals surface area (Å²) in [6.07, 6.45) is 2.01. The summed E-state index contributed by atoms with van der Waals surface area (Å²) in [7, 11) is 0. The molecular formula is C19H17N2O2+. The van der Waals surface area contributed by atoms with Gasteiger partial charge in [0.05, 0.1) is 5.39 Å². The van der Waals surface area contributed by atoms with Gasteiger partial charge in [-0.15, -0.1) is 5.10 Å². The number of benzene rings is 2. The largest absolute Gasteiger partial charge is 0.427 e. The molecule has 1 aliphatic carbocycles. The molecule has 1 aliphatic heterocycles. The molecule has 0 amide bonds. The zero-order chi connectivity index (χ0) is 15.6. The highest BCUT2D eigenvalue weighted by Crippen LogP contribution is 2.55. The third-order valence-electron chi connectivity index (χ3n) is 5.21. The molecule has 3 aromatic rings. The number of aromatic amines is 1. The quantitative estimate of drug-likeness (QED) is 0.703. The van der Waals surface area contributed by atoms with Gasteiger partial charge in [-0.3, -0.25) is 4.79 Å². The van der Waals surface area contributed by atoms with Gasteiger partial charge >= 0.3 is 11.4 Å². The van der Waals surface area contributed by atoms with E-state index in [-0.39, 0.29) is 17.2 Å². The first-order valence-electron chi connectivity index (χ1n) is 8.00. The van der Waals surface area contributed by atoms with E-state index in [2.05, 4.69) is 30.2 Å². The van der Waals surface area contributed by atoms with Crippen LogP contribution < -0.4 is 15.0 Å². The third kappa shape index (κ3) is 1.61. The number of nitrogens with one attached hydrogen (secondary N) is 1. The first kappa shape index (κ1) is 12.9. The molecule has 2 aliphatic rings. The summed E-state index contributed by atoms with van der Waals surface area (Å²) in [5, 5.41) is 4.61. The van der Waals surface area contributed by atoms with Crippen LogP contribution in [0, 0.1) is 6.92 Å². The van der Waals surface area contributed by atoms with Crippen molar-refractivity contribution in [3.8, 4) is 5.88 Å². The van der Waals surface area contributed by atoms with E-state index < -0.39 is 0 Å². The van der Waals surface area contributed by atoms with Crippen molar-refractivity contribution >= 4 is 10.8 Å². The molecular weight excluding hydrogens is 288 g/mol. The van der Waals surface area contributed by atoms with Gasteiger partial charge in [0, 0.05) is 18.4 Å². The molecule has 23 heavy (non-hydrogen) atoms. The Bertz CT molecular complexity index is 1000. The average Bonchev–Trinajstić information content (AvgIpc) is 3.30. The van der Waals surface area contributed by atoms with Crippen molar-refractivity contribution < 1.29 is 9.42 Å². The number of fused-ring (bicyclic) bond motifs is 4. The first-order chi connectivity index (χ1) is 11.2. The summed E-state index contributed by atoms with van der Waals surface area (Å²) in [5.74, 6) is 0.783. The minimum absolute atomic E-state index is 0.0369. The molecule has 1 saturated carbocycles. The maximum atomic E-state index is 12.4. The Labute approximate surface area is 133 Å². The van der Waals surface area contributed by atoms with Gasteiger partial charge in [0.15, 0.2) is 6.10 Å². The lowest BCUT2D eigenvalue weighted by molar-refractivity contribution is -0.778. The lowest BCUT2D eigenvalue weighted by Crippen LogP contribution is -2.51. The van der Waals surface area contributed by atoms with Crippen LogP contribution in [0.5, 0.6) is 5.88 Å². The number of hydrogen-bond donors (Lipinski definition) is 1. The van der Waals surface area contributed by atoms with Gasteiger partial charge < -0.3 is 4.74 Å². The van der Waals surface area contributed by atoms with E-state index in [0.29, 0.717) is 5.39 Å². The van der Waals surface area contributed by atoms with Gasteiger partial charge in [0.2, 0.25) is 5.54 Å². The minimum atomic E-state index is -0.134. The van der Waals surface area contributed by atoms with Gasteiger partial charge in [0.1, 0.15) is 5.39 Å². The second-order valence-corrected chi connectivity index (χ2v) is 6.59. The highest BCUT2D eigenvalue weighted by molar-refractivity contribution is 5.84. The smallest absolute Gasteiger partial charge is 0.401 e. The number of ether oxygens (including phenoxy) is 1. The fourth-order valence-corrected chi connectivity index (χ4v) is 3.82. The minimum Gasteiger partial charge on any atom is -0.427 e. The van der Waals surface area contributed by atoms with Crippen LogP contribution >= 0.6 is 0 Å². The maximum Gasteiger partial charge on any atom is 0.401 e. The number of rotatable bonds is 1. The van der Waals surface area contributed by atoms with Gasteiger partial charge in [-0.1, -0.05) is 41.1 Å². The van der Waals surface area contributed by atoms with E-state index in [1.165, 1.54) is 11.1 Å². The Morgan fingerprint density at radius 1 is 1.09 bits per heavy atom. The molecule has 114 valence electrons. The molecule has 0 bridgehead atoms. The maximum absolute atomic E-state index is 12.4. The molecule has 4 heteroatoms. The fraction of sp³-hybridized carbons (Fsp3) is 0.263. The number of aryl methyl sites for hydroxylation is 1. The second-order valence-electron chi connectivity index (χ2n) is 6.59.